The van der Waals surface area contributed by atoms with E-state index in [-0.39, 0.29) is 25.2 Å². The molecule has 98 valence electrons. The maximum Gasteiger partial charge on any atom is 0.302 e. The highest BCUT2D eigenvalue weighted by Crippen LogP contribution is 2.28. The zero-order valence-electron chi connectivity index (χ0n) is 10.5. The monoisotopic (exact) mass is 246 g/mol. The van der Waals surface area contributed by atoms with Gasteiger partial charge in [-0.15, -0.1) is 0 Å². The Morgan fingerprint density at radius 1 is 1.00 bits per heavy atom. The van der Waals surface area contributed by atoms with Crippen molar-refractivity contribution in [3.63, 3.8) is 0 Å². The van der Waals surface area contributed by atoms with Gasteiger partial charge < -0.3 is 18.9 Å². The predicted octanol–water partition coefficient (Wildman–Crippen LogP) is 0.633. The topological polar surface area (TPSA) is 71.1 Å². The molecule has 1 saturated heterocycles. The zero-order chi connectivity index (χ0) is 13.1. The SMILES string of the molecule is CC(=O)OC[C@@H]1OC(C)(C)O[C@H]1COC(C)=O. The summed E-state index contributed by atoms with van der Waals surface area (Å²) in [7, 11) is 0. The van der Waals surface area contributed by atoms with E-state index in [1.807, 2.05) is 0 Å². The van der Waals surface area contributed by atoms with Crippen LogP contribution in [0.4, 0.5) is 0 Å². The molecule has 0 aromatic rings. The normalized spacial score (nSPS) is 26.6. The molecule has 1 heterocycles. The Bertz CT molecular complexity index is 270. The van der Waals surface area contributed by atoms with Crippen LogP contribution in [0.5, 0.6) is 0 Å². The van der Waals surface area contributed by atoms with Crippen LogP contribution in [0, 0.1) is 0 Å². The van der Waals surface area contributed by atoms with Crippen LogP contribution in [-0.4, -0.2) is 43.1 Å². The molecule has 0 bridgehead atoms. The van der Waals surface area contributed by atoms with Crippen molar-refractivity contribution in [3.8, 4) is 0 Å². The van der Waals surface area contributed by atoms with E-state index in [2.05, 4.69) is 0 Å². The minimum Gasteiger partial charge on any atom is -0.463 e. The van der Waals surface area contributed by atoms with Crippen LogP contribution in [0.25, 0.3) is 0 Å². The summed E-state index contributed by atoms with van der Waals surface area (Å²) in [4.78, 5) is 21.5. The van der Waals surface area contributed by atoms with Crippen LogP contribution >= 0.6 is 0 Å². The van der Waals surface area contributed by atoms with Gasteiger partial charge in [-0.1, -0.05) is 0 Å². The van der Waals surface area contributed by atoms with Gasteiger partial charge in [0.25, 0.3) is 0 Å². The van der Waals surface area contributed by atoms with Crippen molar-refractivity contribution in [3.05, 3.63) is 0 Å². The molecule has 0 saturated carbocycles. The van der Waals surface area contributed by atoms with E-state index >= 15 is 0 Å². The third-order valence-corrected chi connectivity index (χ3v) is 2.19. The molecule has 1 rings (SSSR count). The molecule has 6 heteroatoms. The smallest absolute Gasteiger partial charge is 0.302 e. The Hall–Kier alpha value is -1.14. The quantitative estimate of drug-likeness (QED) is 0.678. The first kappa shape index (κ1) is 13.9. The fourth-order valence-corrected chi connectivity index (χ4v) is 1.59. The van der Waals surface area contributed by atoms with Crippen molar-refractivity contribution in [2.75, 3.05) is 13.2 Å². The number of ether oxygens (including phenoxy) is 4. The molecule has 2 atom stereocenters. The molecule has 0 aliphatic carbocycles. The zero-order valence-corrected chi connectivity index (χ0v) is 10.5. The van der Waals surface area contributed by atoms with Gasteiger partial charge in [0, 0.05) is 13.8 Å². The summed E-state index contributed by atoms with van der Waals surface area (Å²) in [5.41, 5.74) is 0. The van der Waals surface area contributed by atoms with Gasteiger partial charge in [0.15, 0.2) is 5.79 Å². The van der Waals surface area contributed by atoms with Crippen LogP contribution in [0.2, 0.25) is 0 Å². The number of carbonyl (C=O) groups is 2. The number of hydrogen-bond donors (Lipinski definition) is 0. The van der Waals surface area contributed by atoms with E-state index in [0.29, 0.717) is 0 Å². The van der Waals surface area contributed by atoms with Crippen LogP contribution in [0.15, 0.2) is 0 Å². The van der Waals surface area contributed by atoms with Crippen LogP contribution in [-0.2, 0) is 28.5 Å². The summed E-state index contributed by atoms with van der Waals surface area (Å²) >= 11 is 0. The van der Waals surface area contributed by atoms with Crippen LogP contribution < -0.4 is 0 Å². The number of hydrogen-bond acceptors (Lipinski definition) is 6. The molecule has 0 radical (unpaired) electrons. The molecule has 1 fully saturated rings. The van der Waals surface area contributed by atoms with Crippen molar-refractivity contribution in [2.24, 2.45) is 0 Å². The maximum atomic E-state index is 10.7. The molecule has 1 aliphatic rings. The molecule has 1 aliphatic heterocycles. The van der Waals surface area contributed by atoms with E-state index < -0.39 is 18.0 Å². The molecular weight excluding hydrogens is 228 g/mol. The Labute approximate surface area is 100 Å². The highest BCUT2D eigenvalue weighted by Gasteiger charge is 2.42. The molecular formula is C11H18O6. The minimum atomic E-state index is -0.768. The summed E-state index contributed by atoms with van der Waals surface area (Å²) in [5.74, 6) is -1.54. The Kier molecular flexibility index (Phi) is 4.47. The second-order valence-corrected chi connectivity index (χ2v) is 4.32. The van der Waals surface area contributed by atoms with Crippen molar-refractivity contribution in [1.82, 2.24) is 0 Å². The standard InChI is InChI=1S/C11H18O6/c1-7(12)14-5-9-10(6-15-8(2)13)17-11(3,4)16-9/h9-10H,5-6H2,1-4H3/t9-,10-/m0/s1. The number of rotatable bonds is 4. The average molecular weight is 246 g/mol. The van der Waals surface area contributed by atoms with Crippen LogP contribution in [0.3, 0.4) is 0 Å². The second-order valence-electron chi connectivity index (χ2n) is 4.32. The number of esters is 2. The lowest BCUT2D eigenvalue weighted by Crippen LogP contribution is -2.32. The van der Waals surface area contributed by atoms with Gasteiger partial charge in [-0.3, -0.25) is 9.59 Å². The summed E-state index contributed by atoms with van der Waals surface area (Å²) < 4.78 is 20.9. The van der Waals surface area contributed by atoms with Crippen molar-refractivity contribution in [1.29, 1.82) is 0 Å². The lowest BCUT2D eigenvalue weighted by molar-refractivity contribution is -0.162. The molecule has 0 spiro atoms. The van der Waals surface area contributed by atoms with Gasteiger partial charge in [-0.2, -0.15) is 0 Å². The molecule has 0 aromatic heterocycles. The van der Waals surface area contributed by atoms with E-state index in [9.17, 15) is 9.59 Å². The summed E-state index contributed by atoms with van der Waals surface area (Å²) in [5, 5.41) is 0. The molecule has 0 amide bonds. The van der Waals surface area contributed by atoms with E-state index in [0.717, 1.165) is 0 Å². The summed E-state index contributed by atoms with van der Waals surface area (Å²) in [6.45, 7) is 6.32. The molecule has 0 unspecified atom stereocenters. The van der Waals surface area contributed by atoms with Crippen molar-refractivity contribution >= 4 is 11.9 Å². The van der Waals surface area contributed by atoms with Crippen molar-refractivity contribution in [2.45, 2.75) is 45.7 Å². The third-order valence-electron chi connectivity index (χ3n) is 2.19. The molecule has 0 N–H and O–H groups in total. The fourth-order valence-electron chi connectivity index (χ4n) is 1.59. The Morgan fingerprint density at radius 3 is 1.65 bits per heavy atom. The average Bonchev–Trinajstić information content (AvgIpc) is 2.47. The van der Waals surface area contributed by atoms with E-state index in [1.165, 1.54) is 13.8 Å². The molecule has 0 aromatic carbocycles. The second kappa shape index (κ2) is 5.46. The van der Waals surface area contributed by atoms with Gasteiger partial charge in [0.05, 0.1) is 0 Å². The first-order valence-corrected chi connectivity index (χ1v) is 5.42. The Balaban J connectivity index is 2.51. The first-order chi connectivity index (χ1) is 7.80. The van der Waals surface area contributed by atoms with Gasteiger partial charge in [0.1, 0.15) is 25.4 Å². The maximum absolute atomic E-state index is 10.7. The first-order valence-electron chi connectivity index (χ1n) is 5.42. The lowest BCUT2D eigenvalue weighted by Gasteiger charge is -2.16. The van der Waals surface area contributed by atoms with Gasteiger partial charge >= 0.3 is 11.9 Å². The Morgan fingerprint density at radius 2 is 1.35 bits per heavy atom. The minimum absolute atomic E-state index is 0.0880. The van der Waals surface area contributed by atoms with Gasteiger partial charge in [0.2, 0.25) is 0 Å². The predicted molar refractivity (Wildman–Crippen MR) is 57.1 cm³/mol. The lowest BCUT2D eigenvalue weighted by atomic mass is 10.2. The van der Waals surface area contributed by atoms with Crippen LogP contribution in [0.1, 0.15) is 27.7 Å². The number of carbonyl (C=O) groups excluding carboxylic acids is 2. The van der Waals surface area contributed by atoms with E-state index in [4.69, 9.17) is 18.9 Å². The highest BCUT2D eigenvalue weighted by atomic mass is 16.8. The highest BCUT2D eigenvalue weighted by molar-refractivity contribution is 5.66. The van der Waals surface area contributed by atoms with Gasteiger partial charge in [-0.25, -0.2) is 0 Å². The van der Waals surface area contributed by atoms with Gasteiger partial charge in [-0.05, 0) is 13.8 Å². The van der Waals surface area contributed by atoms with Crippen molar-refractivity contribution < 1.29 is 28.5 Å². The fraction of sp³-hybridized carbons (Fsp3) is 0.818. The summed E-state index contributed by atoms with van der Waals surface area (Å²) in [6.07, 6.45) is -0.846. The molecule has 6 nitrogen and oxygen atoms in total. The summed E-state index contributed by atoms with van der Waals surface area (Å²) in [6, 6.07) is 0. The molecule has 17 heavy (non-hydrogen) atoms. The largest absolute Gasteiger partial charge is 0.463 e. The third kappa shape index (κ3) is 4.70. The van der Waals surface area contributed by atoms with E-state index in [1.54, 1.807) is 13.8 Å².